The van der Waals surface area contributed by atoms with E-state index in [0.717, 1.165) is 22.7 Å². The molecule has 6 heteroatoms. The zero-order chi connectivity index (χ0) is 16.6. The highest BCUT2D eigenvalue weighted by Gasteiger charge is 2.39. The molecule has 2 aromatic rings. The Kier molecular flexibility index (Phi) is 4.31. The summed E-state index contributed by atoms with van der Waals surface area (Å²) in [5.41, 5.74) is 3.15. The van der Waals surface area contributed by atoms with Crippen LogP contribution in [0.15, 0.2) is 30.5 Å². The number of rotatable bonds is 4. The van der Waals surface area contributed by atoms with Crippen molar-refractivity contribution in [2.75, 3.05) is 0 Å². The van der Waals surface area contributed by atoms with E-state index in [1.165, 1.54) is 5.56 Å². The van der Waals surface area contributed by atoms with Gasteiger partial charge in [-0.3, -0.25) is 4.68 Å². The second-order valence-electron chi connectivity index (χ2n) is 6.19. The maximum absolute atomic E-state index is 12.2. The Morgan fingerprint density at radius 2 is 2.26 bits per heavy atom. The molecule has 1 aromatic carbocycles. The summed E-state index contributed by atoms with van der Waals surface area (Å²) in [5, 5.41) is 11.0. The summed E-state index contributed by atoms with van der Waals surface area (Å²) >= 11 is 6.02. The number of aromatic nitrogens is 2. The van der Waals surface area contributed by atoms with E-state index in [-0.39, 0.29) is 18.1 Å². The van der Waals surface area contributed by atoms with Crippen molar-refractivity contribution < 1.29 is 4.79 Å². The molecule has 5 nitrogen and oxygen atoms in total. The number of hydrogen-bond acceptors (Lipinski definition) is 2. The summed E-state index contributed by atoms with van der Waals surface area (Å²) in [6.07, 6.45) is 2.89. The van der Waals surface area contributed by atoms with Crippen LogP contribution in [0.2, 0.25) is 5.02 Å². The van der Waals surface area contributed by atoms with Gasteiger partial charge in [0.1, 0.15) is 0 Å². The fourth-order valence-electron chi connectivity index (χ4n) is 2.99. The lowest BCUT2D eigenvalue weighted by atomic mass is 10.1. The van der Waals surface area contributed by atoms with Crippen LogP contribution in [0, 0.1) is 6.92 Å². The van der Waals surface area contributed by atoms with Crippen molar-refractivity contribution in [1.82, 2.24) is 20.4 Å². The third-order valence-electron chi connectivity index (χ3n) is 4.25. The van der Waals surface area contributed by atoms with Crippen molar-refractivity contribution in [1.29, 1.82) is 0 Å². The second kappa shape index (κ2) is 6.24. The number of benzene rings is 1. The smallest absolute Gasteiger partial charge is 0.315 e. The van der Waals surface area contributed by atoms with Crippen LogP contribution < -0.4 is 10.6 Å². The number of nitrogens with one attached hydrogen (secondary N) is 2. The van der Waals surface area contributed by atoms with Crippen LogP contribution in [-0.4, -0.2) is 21.9 Å². The number of carbonyl (C=O) groups excluding carboxylic acids is 1. The molecule has 3 atom stereocenters. The summed E-state index contributed by atoms with van der Waals surface area (Å²) in [6, 6.07) is 7.78. The first-order chi connectivity index (χ1) is 10.9. The summed E-state index contributed by atoms with van der Waals surface area (Å²) in [5.74, 6) is 0.356. The standard InChI is InChI=1S/C17H21ClN4O/c1-10(15-9-22(3)21-11(15)2)19-17(23)20-16-8-14(16)12-5-4-6-13(18)7-12/h4-7,9-10,14,16H,8H2,1-3H3,(H2,19,20,23)/t10-,14+,16+/m0/s1. The summed E-state index contributed by atoms with van der Waals surface area (Å²) in [4.78, 5) is 12.2. The Morgan fingerprint density at radius 3 is 2.91 bits per heavy atom. The predicted octanol–water partition coefficient (Wildman–Crippen LogP) is 3.30. The topological polar surface area (TPSA) is 59.0 Å². The monoisotopic (exact) mass is 332 g/mol. The first-order valence-corrected chi connectivity index (χ1v) is 8.14. The number of halogens is 1. The van der Waals surface area contributed by atoms with Gasteiger partial charge in [0.2, 0.25) is 0 Å². The number of aryl methyl sites for hydroxylation is 2. The average Bonchev–Trinajstić information content (AvgIpc) is 3.14. The van der Waals surface area contributed by atoms with Crippen molar-refractivity contribution in [3.63, 3.8) is 0 Å². The molecule has 3 rings (SSSR count). The van der Waals surface area contributed by atoms with Gasteiger partial charge in [-0.1, -0.05) is 23.7 Å². The molecular formula is C17H21ClN4O. The van der Waals surface area contributed by atoms with Crippen LogP contribution >= 0.6 is 11.6 Å². The van der Waals surface area contributed by atoms with E-state index in [1.54, 1.807) is 4.68 Å². The van der Waals surface area contributed by atoms with Crippen LogP contribution in [0.3, 0.4) is 0 Å². The molecule has 0 aliphatic heterocycles. The van der Waals surface area contributed by atoms with Gasteiger partial charge in [0.15, 0.2) is 0 Å². The van der Waals surface area contributed by atoms with Gasteiger partial charge in [-0.05, 0) is 38.0 Å². The van der Waals surface area contributed by atoms with Gasteiger partial charge in [-0.15, -0.1) is 0 Å². The second-order valence-corrected chi connectivity index (χ2v) is 6.62. The average molecular weight is 333 g/mol. The van der Waals surface area contributed by atoms with Gasteiger partial charge in [-0.2, -0.15) is 5.10 Å². The van der Waals surface area contributed by atoms with E-state index >= 15 is 0 Å². The molecule has 0 spiro atoms. The van der Waals surface area contributed by atoms with Gasteiger partial charge >= 0.3 is 6.03 Å². The minimum absolute atomic E-state index is 0.0768. The lowest BCUT2D eigenvalue weighted by molar-refractivity contribution is 0.237. The van der Waals surface area contributed by atoms with Gasteiger partial charge in [0, 0.05) is 35.8 Å². The first kappa shape index (κ1) is 15.9. The molecule has 0 bridgehead atoms. The molecule has 2 N–H and O–H groups in total. The van der Waals surface area contributed by atoms with Gasteiger partial charge in [0.05, 0.1) is 11.7 Å². The van der Waals surface area contributed by atoms with Crippen LogP contribution in [-0.2, 0) is 7.05 Å². The normalized spacial score (nSPS) is 20.9. The highest BCUT2D eigenvalue weighted by molar-refractivity contribution is 6.30. The minimum atomic E-state index is -0.143. The fraction of sp³-hybridized carbons (Fsp3) is 0.412. The molecular weight excluding hydrogens is 312 g/mol. The number of nitrogens with zero attached hydrogens (tertiary/aromatic N) is 2. The number of urea groups is 1. The van der Waals surface area contributed by atoms with E-state index in [1.807, 2.05) is 45.3 Å². The van der Waals surface area contributed by atoms with Crippen LogP contribution in [0.25, 0.3) is 0 Å². The molecule has 1 fully saturated rings. The minimum Gasteiger partial charge on any atom is -0.335 e. The summed E-state index contributed by atoms with van der Waals surface area (Å²) < 4.78 is 1.76. The number of hydrogen-bond donors (Lipinski definition) is 2. The van der Waals surface area contributed by atoms with Gasteiger partial charge < -0.3 is 10.6 Å². The molecule has 1 heterocycles. The van der Waals surface area contributed by atoms with E-state index < -0.39 is 0 Å². The fourth-order valence-corrected chi connectivity index (χ4v) is 3.19. The molecule has 0 unspecified atom stereocenters. The Hall–Kier alpha value is -2.01. The molecule has 1 saturated carbocycles. The Bertz CT molecular complexity index is 727. The van der Waals surface area contributed by atoms with Crippen molar-refractivity contribution >= 4 is 17.6 Å². The quantitative estimate of drug-likeness (QED) is 0.902. The molecule has 1 aliphatic rings. The first-order valence-electron chi connectivity index (χ1n) is 7.76. The van der Waals surface area contributed by atoms with Crippen molar-refractivity contribution in [3.05, 3.63) is 52.3 Å². The van der Waals surface area contributed by atoms with Crippen LogP contribution in [0.5, 0.6) is 0 Å². The number of amides is 2. The Morgan fingerprint density at radius 1 is 1.48 bits per heavy atom. The van der Waals surface area contributed by atoms with Crippen LogP contribution in [0.1, 0.15) is 42.1 Å². The van der Waals surface area contributed by atoms with Crippen LogP contribution in [0.4, 0.5) is 4.79 Å². The summed E-state index contributed by atoms with van der Waals surface area (Å²) in [7, 11) is 1.88. The third kappa shape index (κ3) is 3.67. The van der Waals surface area contributed by atoms with E-state index in [0.29, 0.717) is 5.92 Å². The lowest BCUT2D eigenvalue weighted by Gasteiger charge is -2.14. The zero-order valence-corrected chi connectivity index (χ0v) is 14.3. The highest BCUT2D eigenvalue weighted by atomic mass is 35.5. The molecule has 23 heavy (non-hydrogen) atoms. The Labute approximate surface area is 141 Å². The van der Waals surface area contributed by atoms with Crippen molar-refractivity contribution in [3.8, 4) is 0 Å². The maximum atomic E-state index is 12.2. The SMILES string of the molecule is Cc1nn(C)cc1[C@H](C)NC(=O)N[C@@H]1C[C@@H]1c1cccc(Cl)c1. The molecule has 0 radical (unpaired) electrons. The molecule has 0 saturated heterocycles. The highest BCUT2D eigenvalue weighted by Crippen LogP contribution is 2.41. The predicted molar refractivity (Wildman–Crippen MR) is 90.6 cm³/mol. The van der Waals surface area contributed by atoms with Gasteiger partial charge in [-0.25, -0.2) is 4.79 Å². The Balaban J connectivity index is 1.54. The zero-order valence-electron chi connectivity index (χ0n) is 13.5. The number of carbonyl (C=O) groups is 1. The largest absolute Gasteiger partial charge is 0.335 e. The maximum Gasteiger partial charge on any atom is 0.315 e. The van der Waals surface area contributed by atoms with Gasteiger partial charge in [0.25, 0.3) is 0 Å². The molecule has 1 aliphatic carbocycles. The van der Waals surface area contributed by atoms with E-state index in [9.17, 15) is 4.79 Å². The molecule has 122 valence electrons. The summed E-state index contributed by atoms with van der Waals surface area (Å²) in [6.45, 7) is 3.91. The van der Waals surface area contributed by atoms with E-state index in [2.05, 4.69) is 21.8 Å². The van der Waals surface area contributed by atoms with E-state index in [4.69, 9.17) is 11.6 Å². The van der Waals surface area contributed by atoms with Crippen molar-refractivity contribution in [2.45, 2.75) is 38.3 Å². The third-order valence-corrected chi connectivity index (χ3v) is 4.48. The van der Waals surface area contributed by atoms with Crippen molar-refractivity contribution in [2.24, 2.45) is 7.05 Å². The molecule has 2 amide bonds. The molecule has 1 aromatic heterocycles. The lowest BCUT2D eigenvalue weighted by Crippen LogP contribution is -2.38.